The van der Waals surface area contributed by atoms with Gasteiger partial charge in [-0.1, -0.05) is 105 Å². The maximum Gasteiger partial charge on any atom is 0.101 e. The van der Waals surface area contributed by atoms with Gasteiger partial charge in [0.1, 0.15) is 12.1 Å². The highest BCUT2D eigenvalue weighted by atomic mass is 15.0. The second-order valence-electron chi connectivity index (χ2n) is 13.4. The largest absolute Gasteiger partial charge is 0.310 e. The predicted molar refractivity (Wildman–Crippen MR) is 211 cm³/mol. The van der Waals surface area contributed by atoms with Gasteiger partial charge in [0.05, 0.1) is 40.0 Å². The highest BCUT2D eigenvalue weighted by Gasteiger charge is 2.29. The molecule has 2 atom stereocenters. The molecule has 0 aliphatic heterocycles. The molecule has 0 saturated heterocycles. The van der Waals surface area contributed by atoms with Gasteiger partial charge in [-0.05, 0) is 89.9 Å². The summed E-state index contributed by atoms with van der Waals surface area (Å²) < 4.78 is 4.40. The first-order valence-electron chi connectivity index (χ1n) is 17.6. The summed E-state index contributed by atoms with van der Waals surface area (Å²) in [5, 5.41) is 31.8. The lowest BCUT2D eigenvalue weighted by atomic mass is 9.91. The number of nitrogens with zero attached hydrogens (tertiary/aromatic N) is 5. The van der Waals surface area contributed by atoms with Crippen LogP contribution in [0.4, 0.5) is 0 Å². The van der Waals surface area contributed by atoms with Crippen LogP contribution in [-0.2, 0) is 6.42 Å². The smallest absolute Gasteiger partial charge is 0.101 e. The first-order valence-corrected chi connectivity index (χ1v) is 17.6. The fraction of sp³-hybridized carbons (Fsp3) is 0.128. The number of fused-ring (bicyclic) bond motifs is 4. The van der Waals surface area contributed by atoms with Crippen LogP contribution in [0.2, 0.25) is 0 Å². The molecule has 5 nitrogen and oxygen atoms in total. The quantitative estimate of drug-likeness (QED) is 0.166. The molecule has 2 aliphatic rings. The summed E-state index contributed by atoms with van der Waals surface area (Å²) in [6.45, 7) is 8.24. The second kappa shape index (κ2) is 13.1. The molecule has 0 N–H and O–H groups in total. The molecule has 2 heterocycles. The molecular formula is C47H35N5. The third-order valence-electron chi connectivity index (χ3n) is 10.5. The van der Waals surface area contributed by atoms with E-state index in [1.54, 1.807) is 12.2 Å². The van der Waals surface area contributed by atoms with Crippen molar-refractivity contribution in [1.82, 2.24) is 9.13 Å². The maximum atomic E-state index is 10.4. The van der Waals surface area contributed by atoms with Crippen LogP contribution in [0.3, 0.4) is 0 Å². The highest BCUT2D eigenvalue weighted by molar-refractivity contribution is 5.92. The normalized spacial score (nSPS) is 16.1. The van der Waals surface area contributed by atoms with Crippen molar-refractivity contribution in [2.45, 2.75) is 32.6 Å². The van der Waals surface area contributed by atoms with Crippen molar-refractivity contribution in [3.63, 3.8) is 0 Å². The lowest BCUT2D eigenvalue weighted by Crippen LogP contribution is -2.09. The molecule has 0 amide bonds. The van der Waals surface area contributed by atoms with Crippen molar-refractivity contribution in [3.8, 4) is 51.8 Å². The topological polar surface area (TPSA) is 81.2 Å². The molecule has 2 unspecified atom stereocenters. The zero-order chi connectivity index (χ0) is 35.9. The molecule has 0 bridgehead atoms. The average Bonchev–Trinajstić information content (AvgIpc) is 3.71. The van der Waals surface area contributed by atoms with E-state index in [-0.39, 0.29) is 5.92 Å². The van der Waals surface area contributed by atoms with E-state index in [4.69, 9.17) is 0 Å². The number of hydrogen-bond acceptors (Lipinski definition) is 3. The fourth-order valence-electron chi connectivity index (χ4n) is 8.10. The van der Waals surface area contributed by atoms with Crippen molar-refractivity contribution in [2.24, 2.45) is 5.92 Å². The Kier molecular flexibility index (Phi) is 8.15. The highest BCUT2D eigenvalue weighted by Crippen LogP contribution is 2.42. The summed E-state index contributed by atoms with van der Waals surface area (Å²) in [4.78, 5) is 0. The Balaban J connectivity index is 1.22. The van der Waals surface area contributed by atoms with Crippen LogP contribution in [0.15, 0.2) is 116 Å². The van der Waals surface area contributed by atoms with Crippen molar-refractivity contribution in [1.29, 1.82) is 15.8 Å². The molecule has 0 fully saturated rings. The van der Waals surface area contributed by atoms with E-state index < -0.39 is 0 Å². The molecule has 6 aromatic rings. The van der Waals surface area contributed by atoms with Crippen LogP contribution in [0.25, 0.3) is 68.3 Å². The van der Waals surface area contributed by atoms with Gasteiger partial charge in [-0.2, -0.15) is 15.8 Å². The molecule has 2 aliphatic carbocycles. The predicted octanol–water partition coefficient (Wildman–Crippen LogP) is 11.4. The Morgan fingerprint density at radius 2 is 1.56 bits per heavy atom. The molecule has 248 valence electrons. The minimum atomic E-state index is -0.285. The summed E-state index contributed by atoms with van der Waals surface area (Å²) in [6, 6.07) is 38.7. The van der Waals surface area contributed by atoms with Gasteiger partial charge in [0.25, 0.3) is 0 Å². The zero-order valence-electron chi connectivity index (χ0n) is 29.1. The zero-order valence-corrected chi connectivity index (χ0v) is 29.1. The molecule has 0 saturated carbocycles. The third kappa shape index (κ3) is 5.05. The van der Waals surface area contributed by atoms with E-state index in [9.17, 15) is 15.8 Å². The Hall–Kier alpha value is -6.87. The average molecular weight is 670 g/mol. The number of benzene rings is 4. The first kappa shape index (κ1) is 32.3. The second-order valence-corrected chi connectivity index (χ2v) is 13.4. The minimum Gasteiger partial charge on any atom is -0.310 e. The number of aromatic nitrogens is 2. The van der Waals surface area contributed by atoms with Gasteiger partial charge in [-0.15, -0.1) is 0 Å². The molecular weight excluding hydrogens is 635 g/mol. The monoisotopic (exact) mass is 669 g/mol. The van der Waals surface area contributed by atoms with E-state index in [0.29, 0.717) is 34.9 Å². The van der Waals surface area contributed by atoms with Crippen LogP contribution in [0.5, 0.6) is 0 Å². The van der Waals surface area contributed by atoms with Gasteiger partial charge in [-0.3, -0.25) is 0 Å². The van der Waals surface area contributed by atoms with E-state index in [0.717, 1.165) is 51.2 Å². The van der Waals surface area contributed by atoms with Crippen LogP contribution < -0.4 is 0 Å². The molecule has 52 heavy (non-hydrogen) atoms. The van der Waals surface area contributed by atoms with Gasteiger partial charge in [-0.25, -0.2) is 0 Å². The van der Waals surface area contributed by atoms with Crippen LogP contribution >= 0.6 is 0 Å². The van der Waals surface area contributed by atoms with Crippen LogP contribution in [-0.4, -0.2) is 9.13 Å². The molecule has 0 spiro atoms. The maximum absolute atomic E-state index is 10.4. The van der Waals surface area contributed by atoms with Gasteiger partial charge < -0.3 is 9.13 Å². The number of nitriles is 3. The first-order chi connectivity index (χ1) is 25.5. The summed E-state index contributed by atoms with van der Waals surface area (Å²) in [5.74, 6) is 0.188. The Morgan fingerprint density at radius 1 is 0.827 bits per heavy atom. The Morgan fingerprint density at radius 3 is 2.25 bits per heavy atom. The molecule has 4 aromatic carbocycles. The van der Waals surface area contributed by atoms with Crippen LogP contribution in [0, 0.1) is 39.9 Å². The molecule has 0 radical (unpaired) electrons. The van der Waals surface area contributed by atoms with Crippen molar-refractivity contribution < 1.29 is 0 Å². The third-order valence-corrected chi connectivity index (χ3v) is 10.5. The van der Waals surface area contributed by atoms with Gasteiger partial charge >= 0.3 is 0 Å². The van der Waals surface area contributed by atoms with E-state index in [1.807, 2.05) is 41.8 Å². The summed E-state index contributed by atoms with van der Waals surface area (Å²) in [5.41, 5.74) is 14.0. The van der Waals surface area contributed by atoms with Crippen molar-refractivity contribution >= 4 is 34.7 Å². The SMILES string of the molecule is C=Cc1c2c(n(-c3c(C#N)cccc3-c3ccc(-c4ccc(-n5c6c(c7ccccc75)C(C)CC=C6)cc4)cc3)c1/C(C#N)=C\C)C=CC(C#N)C2. The summed E-state index contributed by atoms with van der Waals surface area (Å²) in [7, 11) is 0. The molecule has 5 heteroatoms. The van der Waals surface area contributed by atoms with E-state index in [2.05, 4.69) is 121 Å². The fourth-order valence-corrected chi connectivity index (χ4v) is 8.10. The number of rotatable bonds is 6. The Labute approximate surface area is 304 Å². The molecule has 8 rings (SSSR count). The van der Waals surface area contributed by atoms with Crippen molar-refractivity contribution in [2.75, 3.05) is 0 Å². The summed E-state index contributed by atoms with van der Waals surface area (Å²) >= 11 is 0. The lowest BCUT2D eigenvalue weighted by molar-refractivity contribution is 0.773. The van der Waals surface area contributed by atoms with Crippen molar-refractivity contribution in [3.05, 3.63) is 155 Å². The van der Waals surface area contributed by atoms with Gasteiger partial charge in [0.2, 0.25) is 0 Å². The minimum absolute atomic E-state index is 0.285. The number of allylic oxidation sites excluding steroid dienone is 4. The molecule has 2 aromatic heterocycles. The number of para-hydroxylation sites is 2. The lowest BCUT2D eigenvalue weighted by Gasteiger charge is -2.20. The number of hydrogen-bond donors (Lipinski definition) is 0. The van der Waals surface area contributed by atoms with Gasteiger partial charge in [0, 0.05) is 33.6 Å². The van der Waals surface area contributed by atoms with Crippen LogP contribution in [0.1, 0.15) is 65.5 Å². The van der Waals surface area contributed by atoms with E-state index >= 15 is 0 Å². The Bertz CT molecular complexity index is 2630. The summed E-state index contributed by atoms with van der Waals surface area (Å²) in [6.07, 6.45) is 13.5. The van der Waals surface area contributed by atoms with E-state index in [1.165, 1.54) is 22.2 Å². The van der Waals surface area contributed by atoms with Gasteiger partial charge in [0.15, 0.2) is 0 Å². The standard InChI is InChI=1S/C47H35N5/c1-4-32(28-49)46-38(5-2)41-26-31(27-48)16-25-43(41)52(46)47-36(29-50)11-9-13-39(47)35-19-17-33(18-20-35)34-21-23-37(24-22-34)51-42-14-7-6-12-40(42)45-30(3)10-8-15-44(45)51/h4-9,11-25,30-31H,2,10,26H2,1,3H3/b32-4-.